The lowest BCUT2D eigenvalue weighted by atomic mass is 9.85. The SMILES string of the molecule is CC#CC#CC#CC#CC#CC(=O)OC[C@H](COP(=O)(O)OC1C(O)[C@H](O)C(OP(=O)(O)O)C(O)[C@@H]1O)OC(=O)OOOOOOOOOOOOOO.N.[HH].[HH].[HH].[HH].[HH].[HH].[HH].[HH].[HH].[HH].[HH].[HH].[HH].[HH].[HH].[HH].[HH].[HH].[HH].[HH].[HH].[HH].[HH].[HH]. The summed E-state index contributed by atoms with van der Waals surface area (Å²) in [6.45, 7) is -0.750. The molecule has 356 valence electrons. The van der Waals surface area contributed by atoms with E-state index in [1.165, 1.54) is 0 Å². The minimum absolute atomic E-state index is 0. The molecule has 5 unspecified atom stereocenters. The van der Waals surface area contributed by atoms with Crippen LogP contribution in [0.1, 0.15) is 41.2 Å². The van der Waals surface area contributed by atoms with Crippen LogP contribution in [-0.2, 0) is 102 Å². The molecule has 1 fully saturated rings. The first kappa shape index (κ1) is 51.0. The Labute approximate surface area is 339 Å². The number of carbonyl (C=O) groups is 2. The normalized spacial score (nSPS) is 21.5. The fourth-order valence-corrected chi connectivity index (χ4v) is 4.46. The molecule has 11 N–H and O–H groups in total. The second kappa shape index (κ2) is 28.4. The number of esters is 1. The van der Waals surface area contributed by atoms with Crippen molar-refractivity contribution in [3.05, 3.63) is 0 Å². The van der Waals surface area contributed by atoms with Gasteiger partial charge in [0.05, 0.1) is 6.61 Å². The van der Waals surface area contributed by atoms with E-state index in [0.717, 1.165) is 0 Å². The Bertz CT molecular complexity index is 1650. The zero-order valence-electron chi connectivity index (χ0n) is 26.6. The highest BCUT2D eigenvalue weighted by molar-refractivity contribution is 7.47. The summed E-state index contributed by atoms with van der Waals surface area (Å²) in [5.74, 6) is 21.2. The maximum atomic E-state index is 12.6. The van der Waals surface area contributed by atoms with Crippen molar-refractivity contribution in [2.45, 2.75) is 49.7 Å². The third kappa shape index (κ3) is 23.5. The van der Waals surface area contributed by atoms with Crippen LogP contribution in [0, 0.1) is 59.2 Å². The first-order chi connectivity index (χ1) is 25.6. The van der Waals surface area contributed by atoms with Gasteiger partial charge in [-0.3, -0.25) is 13.6 Å². The number of phosphoric acid groups is 2. The monoisotopic (exact) mass is 893 g/mol. The number of aliphatic hydroxyl groups is 4. The van der Waals surface area contributed by atoms with Gasteiger partial charge in [-0.1, -0.05) is 5.92 Å². The van der Waals surface area contributed by atoms with Gasteiger partial charge in [-0.05, 0) is 84.5 Å². The fraction of sp³-hybridized carbons (Fsp3) is 0.455. The summed E-state index contributed by atoms with van der Waals surface area (Å²) in [6, 6.07) is 0. The van der Waals surface area contributed by atoms with Gasteiger partial charge < -0.3 is 50.7 Å². The van der Waals surface area contributed by atoms with Gasteiger partial charge in [0.1, 0.15) is 43.2 Å². The molecule has 55 heavy (non-hydrogen) atoms. The zero-order valence-corrected chi connectivity index (χ0v) is 28.4. The molecule has 0 aromatic heterocycles. The van der Waals surface area contributed by atoms with Crippen LogP contribution in [0.3, 0.4) is 0 Å². The molecular formula is C22H73NO30P2. The molecule has 1 rings (SSSR count). The van der Waals surface area contributed by atoms with Gasteiger partial charge in [-0.2, -0.15) is 0 Å². The molecule has 0 aromatic rings. The number of hydrogen-bond donors (Lipinski definition) is 9. The molecule has 0 heterocycles. The van der Waals surface area contributed by atoms with Gasteiger partial charge in [0, 0.05) is 70.4 Å². The maximum Gasteiger partial charge on any atom is 0.543 e. The van der Waals surface area contributed by atoms with Crippen molar-refractivity contribution in [2.24, 2.45) is 0 Å². The predicted octanol–water partition coefficient (Wildman–Crippen LogP) is 2.24. The number of carbonyl (C=O) groups excluding carboxylic acids is 2. The second-order valence-corrected chi connectivity index (χ2v) is 10.8. The lowest BCUT2D eigenvalue weighted by molar-refractivity contribution is -0.874. The van der Waals surface area contributed by atoms with E-state index in [4.69, 9.17) is 19.8 Å². The molecule has 0 amide bonds. The predicted molar refractivity (Wildman–Crippen MR) is 200 cm³/mol. The lowest BCUT2D eigenvalue weighted by Crippen LogP contribution is -2.64. The Morgan fingerprint density at radius 2 is 1.09 bits per heavy atom. The molecule has 33 heteroatoms. The molecule has 31 nitrogen and oxygen atoms in total. The average molecular weight is 894 g/mol. The topological polar surface area (TPSA) is 431 Å². The molecule has 1 aliphatic carbocycles. The molecule has 0 aliphatic heterocycles. The fourth-order valence-electron chi connectivity index (χ4n) is 2.92. The largest absolute Gasteiger partial charge is 0.543 e. The van der Waals surface area contributed by atoms with Gasteiger partial charge >= 0.3 is 27.8 Å². The lowest BCUT2D eigenvalue weighted by Gasteiger charge is -2.43. The first-order valence-corrected chi connectivity index (χ1v) is 15.9. The van der Waals surface area contributed by atoms with Crippen LogP contribution < -0.4 is 6.15 Å². The molecule has 8 atom stereocenters. The summed E-state index contributed by atoms with van der Waals surface area (Å²) in [4.78, 5) is 55.8. The Morgan fingerprint density at radius 1 is 0.655 bits per heavy atom. The zero-order chi connectivity index (χ0) is 40.4. The number of ether oxygens (including phenoxy) is 2. The Balaban J connectivity index is -0.0000000507. The van der Waals surface area contributed by atoms with Crippen molar-refractivity contribution >= 4 is 27.8 Å². The van der Waals surface area contributed by atoms with E-state index in [9.17, 15) is 44.0 Å². The van der Waals surface area contributed by atoms with Crippen molar-refractivity contribution in [2.75, 3.05) is 13.2 Å². The second-order valence-electron chi connectivity index (χ2n) is 8.23. The molecule has 0 radical (unpaired) electrons. The van der Waals surface area contributed by atoms with E-state index >= 15 is 0 Å². The van der Waals surface area contributed by atoms with Gasteiger partial charge in [-0.15, -0.1) is 0 Å². The minimum atomic E-state index is -5.54. The Morgan fingerprint density at radius 3 is 1.56 bits per heavy atom. The standard InChI is InChI=1S/C22H22O30P2.H3N.24H2/c1-2-3-4-5-6-7-8-9-10-11-15(23)35-12-14(37-22(28)38-42-44-46-48-50-52-51-49-47-45-43-41-29)13-36-54(33,34)40-21-18(26)16(24)20(17(25)19(21)27)39-53(30,31)32;;;;;;;;;;;;;;;;;;;;;;;;;/h14,16-21,24-27,29H,12-13H2,1H3,(H,33,34)(H2,30,31,32);1H3;24*1H/t14-,16+,17?,18?,19+,20?,21?;;;;;;;;;;;;;;;;;;;;;;;;;/m1........................./s1. The quantitative estimate of drug-likeness (QED) is 0.0143. The molecule has 1 aliphatic rings. The highest BCUT2D eigenvalue weighted by atomic mass is 31.2. The van der Waals surface area contributed by atoms with E-state index in [1.54, 1.807) is 6.92 Å². The summed E-state index contributed by atoms with van der Waals surface area (Å²) in [5.41, 5.74) is 0. The molecular weight excluding hydrogens is 820 g/mol. The Hall–Kier alpha value is -3.96. The maximum absolute atomic E-state index is 12.6. The van der Waals surface area contributed by atoms with Crippen LogP contribution in [0.25, 0.3) is 0 Å². The van der Waals surface area contributed by atoms with E-state index in [1.807, 2.05) is 5.92 Å². The van der Waals surface area contributed by atoms with E-state index in [-0.39, 0.29) is 40.4 Å². The van der Waals surface area contributed by atoms with Gasteiger partial charge in [0.2, 0.25) is 0 Å². The summed E-state index contributed by atoms with van der Waals surface area (Å²) in [5, 5.41) is 89.8. The van der Waals surface area contributed by atoms with Gasteiger partial charge in [0.25, 0.3) is 0 Å². The van der Waals surface area contributed by atoms with Crippen molar-refractivity contribution in [1.29, 1.82) is 0 Å². The third-order valence-corrected chi connectivity index (χ3v) is 6.29. The van der Waals surface area contributed by atoms with E-state index in [0.29, 0.717) is 0 Å². The van der Waals surface area contributed by atoms with Crippen molar-refractivity contribution < 1.29 is 182 Å². The van der Waals surface area contributed by atoms with Crippen LogP contribution in [0.2, 0.25) is 0 Å². The van der Waals surface area contributed by atoms with Crippen LogP contribution >= 0.6 is 15.6 Å². The van der Waals surface area contributed by atoms with Crippen LogP contribution in [0.15, 0.2) is 0 Å². The number of rotatable bonds is 22. The van der Waals surface area contributed by atoms with Crippen molar-refractivity contribution in [3.8, 4) is 59.2 Å². The molecule has 0 bridgehead atoms. The Kier molecular flexibility index (Phi) is 26.4. The van der Waals surface area contributed by atoms with Crippen LogP contribution in [0.4, 0.5) is 4.79 Å². The van der Waals surface area contributed by atoms with E-state index < -0.39 is 83.7 Å². The molecule has 0 saturated heterocycles. The highest BCUT2D eigenvalue weighted by Crippen LogP contribution is 2.48. The number of phosphoric ester groups is 2. The minimum Gasteiger partial charge on any atom is -0.452 e. The average Bonchev–Trinajstić information content (AvgIpc) is 3.11. The third-order valence-electron chi connectivity index (χ3n) is 4.78. The summed E-state index contributed by atoms with van der Waals surface area (Å²) in [6.07, 6.45) is -18.3. The number of aliphatic hydroxyl groups excluding tert-OH is 4. The summed E-state index contributed by atoms with van der Waals surface area (Å²) >= 11 is 0. The van der Waals surface area contributed by atoms with Gasteiger partial charge in [0.15, 0.2) is 6.10 Å². The highest BCUT2D eigenvalue weighted by Gasteiger charge is 2.54. The van der Waals surface area contributed by atoms with E-state index in [2.05, 4.69) is 137 Å². The first-order valence-electron chi connectivity index (χ1n) is 12.8. The smallest absolute Gasteiger partial charge is 0.452 e. The molecule has 1 saturated carbocycles. The molecule has 0 aromatic carbocycles. The van der Waals surface area contributed by atoms with Crippen molar-refractivity contribution in [1.82, 2.24) is 6.15 Å². The molecule has 0 spiro atoms. The van der Waals surface area contributed by atoms with Crippen molar-refractivity contribution in [3.63, 3.8) is 0 Å². The summed E-state index contributed by atoms with van der Waals surface area (Å²) in [7, 11) is -10.9. The van der Waals surface area contributed by atoms with Crippen LogP contribution in [-0.4, -0.2) is 108 Å². The van der Waals surface area contributed by atoms with Crippen LogP contribution in [0.5, 0.6) is 0 Å². The summed E-state index contributed by atoms with van der Waals surface area (Å²) < 4.78 is 46.4. The van der Waals surface area contributed by atoms with Gasteiger partial charge in [-0.25, -0.2) is 28.9 Å². The number of hydrogen-bond acceptors (Lipinski definition) is 28.